The molecular formula is C46H76N4O5. The van der Waals surface area contributed by atoms with Gasteiger partial charge in [-0.25, -0.2) is 0 Å². The lowest BCUT2D eigenvalue weighted by Gasteiger charge is -2.49. The van der Waals surface area contributed by atoms with E-state index in [0.29, 0.717) is 36.7 Å². The average Bonchev–Trinajstić information content (AvgIpc) is 3.53. The number of Topliss-reactive ketones (excluding diaryl/α,β-unsaturated/α-hetero) is 1. The Balaban J connectivity index is 0.807. The molecule has 0 bridgehead atoms. The number of ketones is 1. The molecule has 310 valence electrons. The quantitative estimate of drug-likeness (QED) is 0.153. The molecule has 0 aromatic carbocycles. The zero-order chi connectivity index (χ0) is 38.5. The second-order valence-electron chi connectivity index (χ2n) is 19.3. The van der Waals surface area contributed by atoms with E-state index in [9.17, 15) is 19.5 Å². The number of hydrogen-bond donors (Lipinski definition) is 2. The minimum absolute atomic E-state index is 0.00639. The standard InChI is InChI=1S/C46H76N4O5/c1-4-41(33-11-7-5-8-12-33)44(34-13-18-38(51)19-14-34)35-15-20-40(21-16-35)55-24-10-6-9-23-48-28-32(3)49(29-31(48)2)37-17-22-42-36(25-37)30-50(46(42)54)43-26-39(52)27-47-45(43)53/h31-38,40,42-43,51H,4-30H2,1-3H3,(H,47,53)/b44-41-. The number of carbonyl (C=O) groups excluding carboxylic acids is 3. The van der Waals surface area contributed by atoms with Gasteiger partial charge in [0.2, 0.25) is 11.8 Å². The topological polar surface area (TPSA) is 102 Å². The number of piperidine rings is 1. The third-order valence-electron chi connectivity index (χ3n) is 15.7. The van der Waals surface area contributed by atoms with Crippen LogP contribution in [-0.4, -0.2) is 113 Å². The molecule has 7 fully saturated rings. The number of fused-ring (bicyclic) bond motifs is 1. The lowest BCUT2D eigenvalue weighted by molar-refractivity contribution is -0.143. The molecule has 0 aromatic heterocycles. The molecule has 4 saturated carbocycles. The molecule has 55 heavy (non-hydrogen) atoms. The maximum Gasteiger partial charge on any atom is 0.243 e. The average molecular weight is 765 g/mol. The number of ether oxygens (including phenoxy) is 1. The van der Waals surface area contributed by atoms with E-state index in [1.165, 1.54) is 89.9 Å². The molecule has 4 aliphatic carbocycles. The minimum Gasteiger partial charge on any atom is -0.393 e. The summed E-state index contributed by atoms with van der Waals surface area (Å²) in [5.41, 5.74) is 3.70. The van der Waals surface area contributed by atoms with Crippen LogP contribution in [0.15, 0.2) is 11.1 Å². The van der Waals surface area contributed by atoms with Crippen molar-refractivity contribution in [1.82, 2.24) is 20.0 Å². The number of likely N-dealkylation sites (tertiary alicyclic amines) is 1. The molecule has 7 rings (SSSR count). The Bertz CT molecular complexity index is 1330. The lowest BCUT2D eigenvalue weighted by Crippen LogP contribution is -2.60. The molecular weight excluding hydrogens is 689 g/mol. The van der Waals surface area contributed by atoms with Gasteiger partial charge in [0.15, 0.2) is 5.78 Å². The Hall–Kier alpha value is -1.81. The number of nitrogens with zero attached hydrogens (tertiary/aromatic N) is 3. The van der Waals surface area contributed by atoms with Crippen molar-refractivity contribution in [1.29, 1.82) is 0 Å². The maximum absolute atomic E-state index is 13.3. The van der Waals surface area contributed by atoms with Gasteiger partial charge in [0.25, 0.3) is 0 Å². The van der Waals surface area contributed by atoms with Crippen LogP contribution in [0.4, 0.5) is 0 Å². The molecule has 3 aliphatic heterocycles. The first-order chi connectivity index (χ1) is 26.7. The SMILES string of the molecule is CC/C(=C(\C1CCC(O)CC1)C1CCC(OCCCCCN2CC(C)N(C3CCC4C(=O)N(C5CC(=O)CNC5=O)CC4C3)CC2C)CC1)C1CCCCC1. The van der Waals surface area contributed by atoms with Crippen molar-refractivity contribution in [3.05, 3.63) is 11.1 Å². The molecule has 2 amide bonds. The van der Waals surface area contributed by atoms with Gasteiger partial charge in [-0.15, -0.1) is 0 Å². The fourth-order valence-corrected chi connectivity index (χ4v) is 12.7. The Morgan fingerprint density at radius 2 is 1.51 bits per heavy atom. The van der Waals surface area contributed by atoms with Gasteiger partial charge in [0, 0.05) is 56.7 Å². The van der Waals surface area contributed by atoms with Crippen LogP contribution >= 0.6 is 0 Å². The summed E-state index contributed by atoms with van der Waals surface area (Å²) < 4.78 is 6.54. The predicted molar refractivity (Wildman–Crippen MR) is 217 cm³/mol. The number of hydrogen-bond acceptors (Lipinski definition) is 7. The van der Waals surface area contributed by atoms with Crippen molar-refractivity contribution in [2.75, 3.05) is 39.3 Å². The fourth-order valence-electron chi connectivity index (χ4n) is 12.7. The Labute approximate surface area is 333 Å². The lowest BCUT2D eigenvalue weighted by atomic mass is 9.68. The van der Waals surface area contributed by atoms with E-state index < -0.39 is 6.04 Å². The second kappa shape index (κ2) is 19.3. The number of piperazine rings is 1. The van der Waals surface area contributed by atoms with Gasteiger partial charge in [-0.1, -0.05) is 37.3 Å². The molecule has 2 N–H and O–H groups in total. The van der Waals surface area contributed by atoms with E-state index in [1.807, 2.05) is 11.1 Å². The van der Waals surface area contributed by atoms with Gasteiger partial charge < -0.3 is 20.1 Å². The van der Waals surface area contributed by atoms with E-state index in [4.69, 9.17) is 4.74 Å². The van der Waals surface area contributed by atoms with Crippen LogP contribution in [-0.2, 0) is 19.1 Å². The van der Waals surface area contributed by atoms with Gasteiger partial charge in [-0.05, 0) is 153 Å². The Morgan fingerprint density at radius 1 is 0.782 bits per heavy atom. The van der Waals surface area contributed by atoms with Gasteiger partial charge in [0.05, 0.1) is 18.8 Å². The summed E-state index contributed by atoms with van der Waals surface area (Å²) in [6.07, 6.45) is 24.7. The van der Waals surface area contributed by atoms with Crippen LogP contribution in [0.5, 0.6) is 0 Å². The molecule has 6 unspecified atom stereocenters. The first-order valence-electron chi connectivity index (χ1n) is 23.3. The smallest absolute Gasteiger partial charge is 0.243 e. The molecule has 3 heterocycles. The third kappa shape index (κ3) is 9.91. The van der Waals surface area contributed by atoms with Crippen molar-refractivity contribution in [3.8, 4) is 0 Å². The van der Waals surface area contributed by atoms with Gasteiger partial charge in [-0.2, -0.15) is 0 Å². The number of unbranched alkanes of at least 4 members (excludes halogenated alkanes) is 2. The summed E-state index contributed by atoms with van der Waals surface area (Å²) in [7, 11) is 0. The summed E-state index contributed by atoms with van der Waals surface area (Å²) in [4.78, 5) is 45.1. The number of amides is 2. The number of aliphatic hydroxyl groups excluding tert-OH is 1. The molecule has 0 spiro atoms. The molecule has 6 atom stereocenters. The molecule has 3 saturated heterocycles. The van der Waals surface area contributed by atoms with Gasteiger partial charge in [-0.3, -0.25) is 24.2 Å². The van der Waals surface area contributed by atoms with E-state index >= 15 is 0 Å². The highest BCUT2D eigenvalue weighted by Crippen LogP contribution is 2.46. The monoisotopic (exact) mass is 765 g/mol. The highest BCUT2D eigenvalue weighted by atomic mass is 16.5. The molecule has 0 aromatic rings. The number of allylic oxidation sites excluding steroid dienone is 2. The van der Waals surface area contributed by atoms with E-state index in [2.05, 4.69) is 35.9 Å². The van der Waals surface area contributed by atoms with Crippen LogP contribution in [0.1, 0.15) is 156 Å². The van der Waals surface area contributed by atoms with Crippen LogP contribution in [0.3, 0.4) is 0 Å². The molecule has 9 nitrogen and oxygen atoms in total. The van der Waals surface area contributed by atoms with Crippen LogP contribution < -0.4 is 5.32 Å². The van der Waals surface area contributed by atoms with Crippen LogP contribution in [0.2, 0.25) is 0 Å². The number of rotatable bonds is 13. The summed E-state index contributed by atoms with van der Waals surface area (Å²) in [5.74, 6) is 2.48. The first kappa shape index (κ1) is 41.4. The van der Waals surface area contributed by atoms with E-state index in [0.717, 1.165) is 76.6 Å². The zero-order valence-corrected chi connectivity index (χ0v) is 34.9. The number of nitrogens with one attached hydrogen (secondary N) is 1. The first-order valence-corrected chi connectivity index (χ1v) is 23.3. The highest BCUT2D eigenvalue weighted by molar-refractivity contribution is 5.99. The third-order valence-corrected chi connectivity index (χ3v) is 15.7. The Kier molecular flexibility index (Phi) is 14.5. The maximum atomic E-state index is 13.3. The second-order valence-corrected chi connectivity index (χ2v) is 19.3. The van der Waals surface area contributed by atoms with E-state index in [1.54, 1.807) is 4.90 Å². The van der Waals surface area contributed by atoms with Crippen LogP contribution in [0.25, 0.3) is 0 Å². The van der Waals surface area contributed by atoms with Crippen molar-refractivity contribution < 1.29 is 24.2 Å². The summed E-state index contributed by atoms with van der Waals surface area (Å²) in [6.45, 7) is 12.1. The minimum atomic E-state index is -0.615. The summed E-state index contributed by atoms with van der Waals surface area (Å²) in [5, 5.41) is 13.0. The molecule has 0 radical (unpaired) electrons. The normalized spacial score (nSPS) is 37.8. The zero-order valence-electron chi connectivity index (χ0n) is 34.9. The largest absolute Gasteiger partial charge is 0.393 e. The van der Waals surface area contributed by atoms with E-state index in [-0.39, 0.29) is 48.5 Å². The van der Waals surface area contributed by atoms with Crippen molar-refractivity contribution in [2.24, 2.45) is 29.6 Å². The Morgan fingerprint density at radius 3 is 2.24 bits per heavy atom. The van der Waals surface area contributed by atoms with Gasteiger partial charge in [0.1, 0.15) is 6.04 Å². The predicted octanol–water partition coefficient (Wildman–Crippen LogP) is 7.05. The number of aliphatic hydroxyl groups is 1. The fraction of sp³-hybridized carbons (Fsp3) is 0.891. The van der Waals surface area contributed by atoms with Crippen molar-refractivity contribution >= 4 is 17.6 Å². The summed E-state index contributed by atoms with van der Waals surface area (Å²) in [6, 6.07) is 0.874. The highest BCUT2D eigenvalue weighted by Gasteiger charge is 2.50. The number of carbonyl (C=O) groups is 3. The van der Waals surface area contributed by atoms with Crippen molar-refractivity contribution in [3.63, 3.8) is 0 Å². The summed E-state index contributed by atoms with van der Waals surface area (Å²) >= 11 is 0. The van der Waals surface area contributed by atoms with Gasteiger partial charge >= 0.3 is 0 Å². The van der Waals surface area contributed by atoms with Crippen LogP contribution in [0, 0.1) is 29.6 Å². The molecule has 7 aliphatic rings. The molecule has 9 heteroatoms. The van der Waals surface area contributed by atoms with Crippen molar-refractivity contribution in [2.45, 2.75) is 192 Å².